The van der Waals surface area contributed by atoms with Crippen molar-refractivity contribution in [1.29, 1.82) is 0 Å². The topological polar surface area (TPSA) is 29.5 Å². The first kappa shape index (κ1) is 13.6. The van der Waals surface area contributed by atoms with Crippen molar-refractivity contribution in [1.82, 2.24) is 5.06 Å². The molecule has 0 aromatic heterocycles. The van der Waals surface area contributed by atoms with Gasteiger partial charge in [-0.25, -0.2) is 5.06 Å². The Morgan fingerprint density at radius 3 is 1.71 bits per heavy atom. The molecule has 0 atom stereocenters. The highest BCUT2D eigenvalue weighted by atomic mass is 16.7. The van der Waals surface area contributed by atoms with E-state index in [1.54, 1.807) is 7.05 Å². The lowest BCUT2D eigenvalue weighted by Gasteiger charge is -2.14. The Morgan fingerprint density at radius 1 is 0.905 bits per heavy atom. The van der Waals surface area contributed by atoms with Crippen LogP contribution in [0.3, 0.4) is 0 Å². The maximum Gasteiger partial charge on any atom is 0.257 e. The van der Waals surface area contributed by atoms with Gasteiger partial charge < -0.3 is 0 Å². The van der Waals surface area contributed by atoms with E-state index in [4.69, 9.17) is 4.84 Å². The van der Waals surface area contributed by atoms with Crippen LogP contribution < -0.4 is 0 Å². The minimum Gasteiger partial charge on any atom is -0.275 e. The number of benzene rings is 2. The summed E-state index contributed by atoms with van der Waals surface area (Å²) in [5, 5.41) is 1.30. The molecule has 0 fully saturated rings. The Bertz CT molecular complexity index is 627. The minimum absolute atomic E-state index is 0.0322. The molecule has 1 amide bonds. The van der Waals surface area contributed by atoms with E-state index in [1.165, 1.54) is 12.2 Å². The second-order valence-corrected chi connectivity index (χ2v) is 5.01. The van der Waals surface area contributed by atoms with Crippen LogP contribution in [0, 0.1) is 5.92 Å². The van der Waals surface area contributed by atoms with Crippen molar-refractivity contribution in [3.8, 4) is 0 Å². The molecule has 0 unspecified atom stereocenters. The van der Waals surface area contributed by atoms with Crippen LogP contribution in [-0.4, -0.2) is 25.1 Å². The Hall–Kier alpha value is -2.39. The van der Waals surface area contributed by atoms with E-state index in [1.807, 2.05) is 60.7 Å². The van der Waals surface area contributed by atoms with Gasteiger partial charge in [0, 0.05) is 7.05 Å². The fraction of sp³-hybridized carbons (Fsp3) is 0.167. The molecular weight excluding hydrogens is 262 g/mol. The number of carbonyl (C=O) groups is 1. The lowest BCUT2D eigenvalue weighted by Crippen LogP contribution is -2.28. The van der Waals surface area contributed by atoms with Crippen LogP contribution in [0.4, 0.5) is 0 Å². The normalized spacial score (nSPS) is 14.2. The Morgan fingerprint density at radius 2 is 1.33 bits per heavy atom. The molecule has 3 heteroatoms. The predicted molar refractivity (Wildman–Crippen MR) is 83.0 cm³/mol. The Labute approximate surface area is 124 Å². The van der Waals surface area contributed by atoms with Crippen LogP contribution in [0.25, 0.3) is 11.1 Å². The van der Waals surface area contributed by atoms with Crippen molar-refractivity contribution in [3.05, 3.63) is 71.8 Å². The van der Waals surface area contributed by atoms with Gasteiger partial charge in [0.05, 0.1) is 13.0 Å². The summed E-state index contributed by atoms with van der Waals surface area (Å²) in [6.07, 6.45) is 0. The Balaban J connectivity index is 1.99. The minimum atomic E-state index is -0.209. The zero-order valence-corrected chi connectivity index (χ0v) is 12.1. The second-order valence-electron chi connectivity index (χ2n) is 5.01. The van der Waals surface area contributed by atoms with Crippen LogP contribution in [0.5, 0.6) is 0 Å². The summed E-state index contributed by atoms with van der Waals surface area (Å²) in [6.45, 7) is 0. The highest BCUT2D eigenvalue weighted by molar-refractivity contribution is 6.23. The van der Waals surface area contributed by atoms with Gasteiger partial charge in [-0.2, -0.15) is 0 Å². The molecule has 3 rings (SSSR count). The quantitative estimate of drug-likeness (QED) is 0.804. The van der Waals surface area contributed by atoms with Gasteiger partial charge in [0.15, 0.2) is 0 Å². The predicted octanol–water partition coefficient (Wildman–Crippen LogP) is 3.25. The smallest absolute Gasteiger partial charge is 0.257 e. The molecule has 2 aromatic carbocycles. The van der Waals surface area contributed by atoms with Gasteiger partial charge in [0.2, 0.25) is 0 Å². The van der Waals surface area contributed by atoms with Gasteiger partial charge in [0.25, 0.3) is 5.91 Å². The standard InChI is InChI=1S/C18H17NO2/c1-19(21-2)18(20)17-15(13-9-5-3-6-10-13)16(17)14-11-7-4-8-12-14/h3-12,17H,1-2H3. The highest BCUT2D eigenvalue weighted by Crippen LogP contribution is 2.53. The first-order valence-electron chi connectivity index (χ1n) is 6.90. The summed E-state index contributed by atoms with van der Waals surface area (Å²) in [4.78, 5) is 17.5. The summed E-state index contributed by atoms with van der Waals surface area (Å²) >= 11 is 0. The number of carbonyl (C=O) groups excluding carboxylic acids is 1. The third kappa shape index (κ3) is 2.48. The molecule has 0 saturated carbocycles. The summed E-state index contributed by atoms with van der Waals surface area (Å²) < 4.78 is 0. The number of nitrogens with zero attached hydrogens (tertiary/aromatic N) is 1. The van der Waals surface area contributed by atoms with Crippen molar-refractivity contribution in [2.24, 2.45) is 5.92 Å². The zero-order chi connectivity index (χ0) is 14.8. The van der Waals surface area contributed by atoms with E-state index in [2.05, 4.69) is 0 Å². The number of rotatable bonds is 4. The summed E-state index contributed by atoms with van der Waals surface area (Å²) in [5.74, 6) is -0.241. The van der Waals surface area contributed by atoms with Crippen molar-refractivity contribution in [2.75, 3.05) is 14.2 Å². The molecule has 21 heavy (non-hydrogen) atoms. The van der Waals surface area contributed by atoms with Crippen LogP contribution in [0.2, 0.25) is 0 Å². The lowest BCUT2D eigenvalue weighted by molar-refractivity contribution is -0.169. The molecule has 3 nitrogen and oxygen atoms in total. The van der Waals surface area contributed by atoms with Crippen LogP contribution in [0.1, 0.15) is 11.1 Å². The van der Waals surface area contributed by atoms with E-state index in [0.29, 0.717) is 0 Å². The molecule has 0 heterocycles. The molecule has 1 aliphatic carbocycles. The van der Waals surface area contributed by atoms with Gasteiger partial charge in [-0.15, -0.1) is 0 Å². The highest BCUT2D eigenvalue weighted by Gasteiger charge is 2.45. The number of amides is 1. The van der Waals surface area contributed by atoms with E-state index < -0.39 is 0 Å². The monoisotopic (exact) mass is 279 g/mol. The van der Waals surface area contributed by atoms with Gasteiger partial charge in [0.1, 0.15) is 0 Å². The third-order valence-electron chi connectivity index (χ3n) is 3.78. The van der Waals surface area contributed by atoms with Gasteiger partial charge in [-0.05, 0) is 22.3 Å². The molecule has 0 spiro atoms. The SMILES string of the molecule is CON(C)C(=O)C1C(c2ccccc2)=C1c1ccccc1. The Kier molecular flexibility index (Phi) is 3.59. The average Bonchev–Trinajstić information content (AvgIpc) is 3.30. The van der Waals surface area contributed by atoms with Crippen molar-refractivity contribution in [3.63, 3.8) is 0 Å². The lowest BCUT2D eigenvalue weighted by atomic mass is 10.1. The molecular formula is C18H17NO2. The number of hydroxylamine groups is 2. The molecule has 0 bridgehead atoms. The number of hydrogen-bond acceptors (Lipinski definition) is 2. The maximum atomic E-state index is 12.5. The fourth-order valence-corrected chi connectivity index (χ4v) is 2.62. The summed E-state index contributed by atoms with van der Waals surface area (Å²) in [5.41, 5.74) is 4.38. The maximum absolute atomic E-state index is 12.5. The first-order valence-corrected chi connectivity index (χ1v) is 6.90. The third-order valence-corrected chi connectivity index (χ3v) is 3.78. The first-order chi connectivity index (χ1) is 10.2. The zero-order valence-electron chi connectivity index (χ0n) is 12.1. The molecule has 106 valence electrons. The molecule has 0 N–H and O–H groups in total. The van der Waals surface area contributed by atoms with Crippen LogP contribution in [-0.2, 0) is 9.63 Å². The summed E-state index contributed by atoms with van der Waals surface area (Å²) in [6, 6.07) is 20.1. The molecule has 0 radical (unpaired) electrons. The summed E-state index contributed by atoms with van der Waals surface area (Å²) in [7, 11) is 3.15. The van der Waals surface area contributed by atoms with Gasteiger partial charge >= 0.3 is 0 Å². The average molecular weight is 279 g/mol. The largest absolute Gasteiger partial charge is 0.275 e. The second kappa shape index (κ2) is 5.54. The van der Waals surface area contributed by atoms with E-state index in [9.17, 15) is 4.79 Å². The molecule has 2 aromatic rings. The van der Waals surface area contributed by atoms with Gasteiger partial charge in [-0.1, -0.05) is 60.7 Å². The molecule has 1 aliphatic rings. The van der Waals surface area contributed by atoms with E-state index in [0.717, 1.165) is 22.3 Å². The van der Waals surface area contributed by atoms with E-state index >= 15 is 0 Å². The molecule has 0 aliphatic heterocycles. The van der Waals surface area contributed by atoms with Crippen molar-refractivity contribution >= 4 is 17.1 Å². The van der Waals surface area contributed by atoms with E-state index in [-0.39, 0.29) is 11.8 Å². The van der Waals surface area contributed by atoms with Crippen LogP contribution >= 0.6 is 0 Å². The van der Waals surface area contributed by atoms with Crippen molar-refractivity contribution in [2.45, 2.75) is 0 Å². The van der Waals surface area contributed by atoms with Crippen LogP contribution in [0.15, 0.2) is 60.7 Å². The molecule has 0 saturated heterocycles. The fourth-order valence-electron chi connectivity index (χ4n) is 2.62. The van der Waals surface area contributed by atoms with Crippen molar-refractivity contribution < 1.29 is 9.63 Å². The van der Waals surface area contributed by atoms with Gasteiger partial charge in [-0.3, -0.25) is 9.63 Å². The number of hydrogen-bond donors (Lipinski definition) is 0.